The molecule has 0 aliphatic carbocycles. The largest absolute Gasteiger partial charge is 0.508 e. The van der Waals surface area contributed by atoms with Crippen molar-refractivity contribution in [2.24, 2.45) is 0 Å². The van der Waals surface area contributed by atoms with Gasteiger partial charge < -0.3 is 105 Å². The third-order valence-electron chi connectivity index (χ3n) is 9.61. The van der Waals surface area contributed by atoms with Gasteiger partial charge in [-0.3, -0.25) is 9.59 Å². The molecule has 0 spiro atoms. The van der Waals surface area contributed by atoms with E-state index in [-0.39, 0.29) is 68.3 Å². The number of aromatic hydroxyl groups is 7. The van der Waals surface area contributed by atoms with Gasteiger partial charge >= 0.3 is 0 Å². The Balaban J connectivity index is 0.000000206. The maximum atomic E-state index is 13.2. The first-order valence-corrected chi connectivity index (χ1v) is 18.8. The van der Waals surface area contributed by atoms with Gasteiger partial charge in [0.25, 0.3) is 0 Å². The summed E-state index contributed by atoms with van der Waals surface area (Å²) >= 11 is 0. The number of benzene rings is 4. The minimum absolute atomic E-state index is 0.0247. The van der Waals surface area contributed by atoms with Crippen LogP contribution in [0.4, 0.5) is 0 Å². The monoisotopic (exact) mass is 914 g/mol. The van der Waals surface area contributed by atoms with E-state index in [0.717, 1.165) is 18.2 Å². The lowest BCUT2D eigenvalue weighted by Gasteiger charge is -2.39. The van der Waals surface area contributed by atoms with Crippen molar-refractivity contribution in [3.63, 3.8) is 0 Å². The molecule has 1 saturated heterocycles. The van der Waals surface area contributed by atoms with E-state index in [1.807, 2.05) is 0 Å². The number of aliphatic hydroxyl groups excluding tert-OH is 9. The predicted octanol–water partition coefficient (Wildman–Crippen LogP) is -1.34. The summed E-state index contributed by atoms with van der Waals surface area (Å²) in [6.07, 6.45) is -15.0. The number of hydrogen-bond donors (Lipinski definition) is 16. The molecule has 65 heavy (non-hydrogen) atoms. The van der Waals surface area contributed by atoms with Crippen LogP contribution in [-0.4, -0.2) is 156 Å². The van der Waals surface area contributed by atoms with E-state index in [0.29, 0.717) is 5.56 Å². The molecule has 7 rings (SSSR count). The summed E-state index contributed by atoms with van der Waals surface area (Å²) in [5.41, 5.74) is -1.30. The molecular weight excluding hydrogens is 872 g/mol. The second-order valence-electron chi connectivity index (χ2n) is 14.1. The second kappa shape index (κ2) is 20.6. The first-order chi connectivity index (χ1) is 30.7. The minimum Gasteiger partial charge on any atom is -0.508 e. The molecule has 6 aromatic rings. The number of carbonyl (C=O) groups excluding carboxylic acids is 1. The minimum atomic E-state index is -1.80. The highest BCUT2D eigenvalue weighted by molar-refractivity contribution is 5.89. The number of aldehydes is 1. The lowest BCUT2D eigenvalue weighted by atomic mass is 9.99. The Hall–Kier alpha value is -7.03. The number of rotatable bonds is 10. The average molecular weight is 915 g/mol. The van der Waals surface area contributed by atoms with Gasteiger partial charge in [0, 0.05) is 35.4 Å². The summed E-state index contributed by atoms with van der Waals surface area (Å²) in [4.78, 5) is 35.2. The van der Waals surface area contributed by atoms with E-state index in [1.165, 1.54) is 54.6 Å². The first-order valence-electron chi connectivity index (χ1n) is 18.8. The molecule has 0 unspecified atom stereocenters. The Morgan fingerprint density at radius 2 is 1.08 bits per heavy atom. The molecule has 4 aromatic carbocycles. The van der Waals surface area contributed by atoms with Gasteiger partial charge in [-0.15, -0.1) is 0 Å². The number of aliphatic hydroxyl groups is 9. The average Bonchev–Trinajstić information content (AvgIpc) is 3.27. The maximum absolute atomic E-state index is 13.2. The van der Waals surface area contributed by atoms with Crippen LogP contribution < -0.4 is 15.6 Å². The van der Waals surface area contributed by atoms with Crippen LogP contribution in [0.3, 0.4) is 0 Å². The number of hydrogen-bond acceptors (Lipinski definition) is 23. The Morgan fingerprint density at radius 1 is 0.600 bits per heavy atom. The van der Waals surface area contributed by atoms with Gasteiger partial charge in [-0.05, 0) is 48.5 Å². The van der Waals surface area contributed by atoms with Gasteiger partial charge in [0.1, 0.15) is 105 Å². The van der Waals surface area contributed by atoms with Gasteiger partial charge in [-0.2, -0.15) is 0 Å². The van der Waals surface area contributed by atoms with Crippen molar-refractivity contribution >= 4 is 28.2 Å². The van der Waals surface area contributed by atoms with E-state index in [2.05, 4.69) is 0 Å². The standard InChI is InChI=1S/C21H20O11.C15H10O6.C6H12O6/c22-7-13-15(26)17(28)18(29)21(31-13)32-20-16(27)14-11(25)5-10(24)6-12(14)30-19(20)8-1-3-9(23)4-2-8;16-8-3-1-7(2-4-8)15-14(20)13(19)12-10(18)5-9(17)6-11(12)21-15;7-1-3(9)5(11)6(12)4(10)2-8/h1-6,13,15,17-18,21-26,28-29H,7H2;1-6,16-18,20H;1,3-6,8-12H,2H2/t13-,15-,17+,18-,21+;;3-,4+,5+,6+/m1.0/s1. The van der Waals surface area contributed by atoms with Crippen molar-refractivity contribution in [2.75, 3.05) is 13.2 Å². The van der Waals surface area contributed by atoms with Crippen LogP contribution in [-0.2, 0) is 9.53 Å². The maximum Gasteiger partial charge on any atom is 0.239 e. The molecular formula is C42H42O23. The van der Waals surface area contributed by atoms with Crippen molar-refractivity contribution in [3.05, 3.63) is 93.2 Å². The molecule has 2 aromatic heterocycles. The molecule has 23 nitrogen and oxygen atoms in total. The summed E-state index contributed by atoms with van der Waals surface area (Å²) < 4.78 is 22.0. The van der Waals surface area contributed by atoms with Crippen LogP contribution in [0, 0.1) is 0 Å². The highest BCUT2D eigenvalue weighted by Gasteiger charge is 2.45. The quantitative estimate of drug-likeness (QED) is 0.0707. The van der Waals surface area contributed by atoms with Crippen LogP contribution in [0.1, 0.15) is 0 Å². The molecule has 23 heteroatoms. The highest BCUT2D eigenvalue weighted by Crippen LogP contribution is 2.38. The number of ether oxygens (including phenoxy) is 2. The SMILES string of the molecule is O=C[C@H](O)[C@@H](O)[C@H](O)[C@H](O)CO.O=c1c(O)c(-c2ccc(O)cc2)oc2cc(O)cc(O)c12.O=c1c(O[C@@H]2O[C@H](CO)[C@@H](O)[C@H](O)[C@H]2O)c(-c2ccc(O)cc2)oc2cc(O)cc(O)c12. The molecule has 1 aliphatic heterocycles. The molecule has 9 atom stereocenters. The summed E-state index contributed by atoms with van der Waals surface area (Å²) in [5, 5.41) is 150. The fraction of sp³-hybridized carbons (Fsp3) is 0.262. The van der Waals surface area contributed by atoms with Crippen molar-refractivity contribution < 1.29 is 105 Å². The fourth-order valence-electron chi connectivity index (χ4n) is 6.16. The third-order valence-corrected chi connectivity index (χ3v) is 9.61. The van der Waals surface area contributed by atoms with Crippen LogP contribution in [0.2, 0.25) is 0 Å². The van der Waals surface area contributed by atoms with Crippen molar-refractivity contribution in [1.29, 1.82) is 0 Å². The molecule has 348 valence electrons. The smallest absolute Gasteiger partial charge is 0.239 e. The Bertz CT molecular complexity index is 2710. The number of fused-ring (bicyclic) bond motifs is 2. The van der Waals surface area contributed by atoms with Crippen LogP contribution in [0.15, 0.2) is 91.2 Å². The normalized spacial score (nSPS) is 20.0. The Morgan fingerprint density at radius 3 is 1.55 bits per heavy atom. The molecule has 3 heterocycles. The summed E-state index contributed by atoms with van der Waals surface area (Å²) in [6.45, 7) is -1.47. The molecule has 16 N–H and O–H groups in total. The van der Waals surface area contributed by atoms with Gasteiger partial charge in [-0.1, -0.05) is 0 Å². The molecule has 0 saturated carbocycles. The Kier molecular flexibility index (Phi) is 15.6. The molecule has 0 amide bonds. The summed E-state index contributed by atoms with van der Waals surface area (Å²) in [5.74, 6) is -3.23. The zero-order valence-corrected chi connectivity index (χ0v) is 33.1. The fourth-order valence-corrected chi connectivity index (χ4v) is 6.16. The third kappa shape index (κ3) is 10.7. The first kappa shape index (κ1) is 49.0. The van der Waals surface area contributed by atoms with E-state index in [9.17, 15) is 70.6 Å². The van der Waals surface area contributed by atoms with Gasteiger partial charge in [0.15, 0.2) is 17.8 Å². The van der Waals surface area contributed by atoms with Crippen molar-refractivity contribution in [2.45, 2.75) is 55.1 Å². The van der Waals surface area contributed by atoms with Crippen LogP contribution in [0.5, 0.6) is 46.0 Å². The number of phenols is 6. The lowest BCUT2D eigenvalue weighted by Crippen LogP contribution is -2.60. The summed E-state index contributed by atoms with van der Waals surface area (Å²) in [6, 6.07) is 15.3. The molecule has 0 bridgehead atoms. The zero-order chi connectivity index (χ0) is 48.0. The van der Waals surface area contributed by atoms with Gasteiger partial charge in [0.2, 0.25) is 28.6 Å². The van der Waals surface area contributed by atoms with E-state index >= 15 is 0 Å². The predicted molar refractivity (Wildman–Crippen MR) is 219 cm³/mol. The zero-order valence-electron chi connectivity index (χ0n) is 33.1. The number of carbonyl (C=O) groups is 1. The highest BCUT2D eigenvalue weighted by atomic mass is 16.7. The molecule has 0 radical (unpaired) electrons. The lowest BCUT2D eigenvalue weighted by molar-refractivity contribution is -0.277. The molecule has 1 aliphatic rings. The topological polar surface area (TPSA) is 420 Å². The van der Waals surface area contributed by atoms with Crippen LogP contribution in [0.25, 0.3) is 44.6 Å². The van der Waals surface area contributed by atoms with E-state index in [1.54, 1.807) is 0 Å². The number of phenolic OH excluding ortho intramolecular Hbond substituents is 6. The summed E-state index contributed by atoms with van der Waals surface area (Å²) in [7, 11) is 0. The van der Waals surface area contributed by atoms with Crippen molar-refractivity contribution in [3.8, 4) is 68.6 Å². The van der Waals surface area contributed by atoms with Gasteiger partial charge in [0.05, 0.1) is 13.2 Å². The van der Waals surface area contributed by atoms with E-state index in [4.69, 9.17) is 43.8 Å². The Labute approximate surface area is 362 Å². The van der Waals surface area contributed by atoms with Gasteiger partial charge in [-0.25, -0.2) is 0 Å². The molecule has 1 fully saturated rings. The van der Waals surface area contributed by atoms with Crippen molar-refractivity contribution in [1.82, 2.24) is 0 Å². The van der Waals surface area contributed by atoms with Crippen LogP contribution >= 0.6 is 0 Å². The van der Waals surface area contributed by atoms with E-state index < -0.39 is 102 Å². The second-order valence-corrected chi connectivity index (χ2v) is 14.1.